The molecule has 2 heteroatoms. The van der Waals surface area contributed by atoms with Crippen molar-refractivity contribution in [1.29, 1.82) is 0 Å². The Morgan fingerprint density at radius 2 is 1.59 bits per heavy atom. The predicted octanol–water partition coefficient (Wildman–Crippen LogP) is 2.90. The summed E-state index contributed by atoms with van der Waals surface area (Å²) in [5.74, 6) is 3.20. The van der Waals surface area contributed by atoms with Crippen molar-refractivity contribution in [3.05, 3.63) is 0 Å². The molecular weight excluding hydrogens is 208 g/mol. The van der Waals surface area contributed by atoms with E-state index in [1.54, 1.807) is 6.42 Å². The van der Waals surface area contributed by atoms with Crippen LogP contribution in [-0.4, -0.2) is 35.7 Å². The van der Waals surface area contributed by atoms with Gasteiger partial charge in [-0.2, -0.15) is 0 Å². The van der Waals surface area contributed by atoms with Crippen molar-refractivity contribution in [1.82, 2.24) is 10.0 Å². The molecule has 0 N–H and O–H groups in total. The summed E-state index contributed by atoms with van der Waals surface area (Å²) in [5, 5.41) is 5.54. The second kappa shape index (κ2) is 4.24. The Morgan fingerprint density at radius 1 is 0.765 bits per heavy atom. The van der Waals surface area contributed by atoms with Crippen LogP contribution in [0.3, 0.4) is 0 Å². The van der Waals surface area contributed by atoms with E-state index in [0.29, 0.717) is 0 Å². The number of rotatable bonds is 0. The fourth-order valence-electron chi connectivity index (χ4n) is 5.24. The number of hydrogen-bond acceptors (Lipinski definition) is 2. The molecule has 0 radical (unpaired) electrons. The average molecular weight is 234 g/mol. The molecule has 4 aliphatic rings. The first-order valence-electron chi connectivity index (χ1n) is 7.93. The van der Waals surface area contributed by atoms with Crippen LogP contribution in [0, 0.1) is 17.8 Å². The Bertz CT molecular complexity index is 263. The Hall–Kier alpha value is -0.0800. The summed E-state index contributed by atoms with van der Waals surface area (Å²) < 4.78 is 0. The van der Waals surface area contributed by atoms with Crippen molar-refractivity contribution in [3.8, 4) is 0 Å². The van der Waals surface area contributed by atoms with E-state index in [-0.39, 0.29) is 0 Å². The van der Waals surface area contributed by atoms with Crippen LogP contribution in [0.25, 0.3) is 0 Å². The van der Waals surface area contributed by atoms with Crippen molar-refractivity contribution >= 4 is 0 Å². The molecule has 0 amide bonds. The fourth-order valence-corrected chi connectivity index (χ4v) is 5.24. The summed E-state index contributed by atoms with van der Waals surface area (Å²) >= 11 is 0. The van der Waals surface area contributed by atoms with E-state index < -0.39 is 0 Å². The lowest BCUT2D eigenvalue weighted by Gasteiger charge is -2.57. The van der Waals surface area contributed by atoms with E-state index in [1.807, 2.05) is 0 Å². The molecule has 3 aliphatic heterocycles. The summed E-state index contributed by atoms with van der Waals surface area (Å²) in [6, 6.07) is 0.922. The molecule has 5 atom stereocenters. The first kappa shape index (κ1) is 10.8. The highest BCUT2D eigenvalue weighted by molar-refractivity contribution is 4.95. The number of hydrazine groups is 1. The molecular formula is C15H26N2. The Balaban J connectivity index is 1.56. The minimum absolute atomic E-state index is 0.922. The summed E-state index contributed by atoms with van der Waals surface area (Å²) in [5.41, 5.74) is 0. The van der Waals surface area contributed by atoms with Crippen LogP contribution in [0.1, 0.15) is 51.4 Å². The van der Waals surface area contributed by atoms with Crippen molar-refractivity contribution in [2.24, 2.45) is 17.8 Å². The molecule has 1 saturated carbocycles. The van der Waals surface area contributed by atoms with Gasteiger partial charge in [-0.05, 0) is 49.9 Å². The third kappa shape index (κ3) is 1.76. The van der Waals surface area contributed by atoms with Crippen molar-refractivity contribution in [3.63, 3.8) is 0 Å². The van der Waals surface area contributed by atoms with E-state index in [9.17, 15) is 0 Å². The minimum Gasteiger partial charge on any atom is -0.241 e. The lowest BCUT2D eigenvalue weighted by Crippen LogP contribution is -2.63. The molecule has 0 aromatic rings. The highest BCUT2D eigenvalue weighted by atomic mass is 15.6. The van der Waals surface area contributed by atoms with E-state index in [4.69, 9.17) is 0 Å². The van der Waals surface area contributed by atoms with Gasteiger partial charge in [0.2, 0.25) is 0 Å². The van der Waals surface area contributed by atoms with Gasteiger partial charge in [-0.3, -0.25) is 0 Å². The van der Waals surface area contributed by atoms with Crippen molar-refractivity contribution in [2.75, 3.05) is 19.6 Å². The van der Waals surface area contributed by atoms with Crippen LogP contribution in [0.5, 0.6) is 0 Å². The Kier molecular flexibility index (Phi) is 2.69. The molecule has 3 saturated heterocycles. The van der Waals surface area contributed by atoms with Gasteiger partial charge in [-0.25, -0.2) is 10.0 Å². The number of fused-ring (bicyclic) bond motifs is 6. The van der Waals surface area contributed by atoms with Gasteiger partial charge < -0.3 is 0 Å². The maximum Gasteiger partial charge on any atom is 0.0249 e. The quantitative estimate of drug-likeness (QED) is 0.636. The normalized spacial score (nSPS) is 50.5. The number of nitrogens with zero attached hydrogens (tertiary/aromatic N) is 2. The highest BCUT2D eigenvalue weighted by Gasteiger charge is 2.45. The second-order valence-corrected chi connectivity index (χ2v) is 6.89. The largest absolute Gasteiger partial charge is 0.241 e. The molecule has 17 heavy (non-hydrogen) atoms. The van der Waals surface area contributed by atoms with Crippen LogP contribution in [0.2, 0.25) is 0 Å². The van der Waals surface area contributed by atoms with Gasteiger partial charge in [-0.1, -0.05) is 19.3 Å². The maximum atomic E-state index is 2.77. The molecule has 2 bridgehead atoms. The summed E-state index contributed by atoms with van der Waals surface area (Å²) in [4.78, 5) is 0. The van der Waals surface area contributed by atoms with Crippen LogP contribution >= 0.6 is 0 Å². The molecule has 0 aromatic heterocycles. The number of piperidine rings is 2. The third-order valence-electron chi connectivity index (χ3n) is 6.00. The van der Waals surface area contributed by atoms with Gasteiger partial charge in [0.1, 0.15) is 0 Å². The molecule has 0 aromatic carbocycles. The molecule has 4 rings (SSSR count). The maximum absolute atomic E-state index is 2.77. The van der Waals surface area contributed by atoms with Crippen LogP contribution < -0.4 is 0 Å². The van der Waals surface area contributed by atoms with Crippen molar-refractivity contribution in [2.45, 2.75) is 57.4 Å². The smallest absolute Gasteiger partial charge is 0.0249 e. The zero-order valence-electron chi connectivity index (χ0n) is 11.0. The Morgan fingerprint density at radius 3 is 2.59 bits per heavy atom. The molecule has 3 heterocycles. The lowest BCUT2D eigenvalue weighted by molar-refractivity contribution is -0.175. The van der Waals surface area contributed by atoms with E-state index in [1.165, 1.54) is 64.6 Å². The van der Waals surface area contributed by atoms with Crippen molar-refractivity contribution < 1.29 is 0 Å². The summed E-state index contributed by atoms with van der Waals surface area (Å²) in [7, 11) is 0. The van der Waals surface area contributed by atoms with Gasteiger partial charge in [-0.15, -0.1) is 0 Å². The average Bonchev–Trinajstić information content (AvgIpc) is 2.39. The first-order valence-corrected chi connectivity index (χ1v) is 7.93. The molecule has 2 nitrogen and oxygen atoms in total. The molecule has 1 aliphatic carbocycles. The van der Waals surface area contributed by atoms with E-state index >= 15 is 0 Å². The molecule has 96 valence electrons. The molecule has 5 unspecified atom stereocenters. The van der Waals surface area contributed by atoms with Gasteiger partial charge in [0.15, 0.2) is 0 Å². The Labute approximate surface area is 105 Å². The van der Waals surface area contributed by atoms with Crippen LogP contribution in [-0.2, 0) is 0 Å². The standard InChI is InChI=1S/C15H26N2/c1-2-7-15-12(5-1)10-16-11-13(15)9-14-6-3-4-8-17(14)16/h12-15H,1-11H2. The van der Waals surface area contributed by atoms with Gasteiger partial charge in [0.25, 0.3) is 0 Å². The minimum atomic E-state index is 0.922. The van der Waals surface area contributed by atoms with Gasteiger partial charge in [0, 0.05) is 25.7 Å². The second-order valence-electron chi connectivity index (χ2n) is 6.89. The SMILES string of the molecule is C1CCC2C(C1)CN1CC2CC2CCCCN21. The summed E-state index contributed by atoms with van der Waals surface area (Å²) in [6.07, 6.45) is 12.0. The highest BCUT2D eigenvalue weighted by Crippen LogP contribution is 2.45. The lowest BCUT2D eigenvalue weighted by atomic mass is 9.67. The zero-order valence-corrected chi connectivity index (χ0v) is 11.0. The van der Waals surface area contributed by atoms with Crippen LogP contribution in [0.4, 0.5) is 0 Å². The van der Waals surface area contributed by atoms with Gasteiger partial charge in [0.05, 0.1) is 0 Å². The molecule has 0 spiro atoms. The topological polar surface area (TPSA) is 6.48 Å². The number of hydrogen-bond donors (Lipinski definition) is 0. The monoisotopic (exact) mass is 234 g/mol. The zero-order chi connectivity index (χ0) is 11.2. The van der Waals surface area contributed by atoms with Crippen LogP contribution in [0.15, 0.2) is 0 Å². The fraction of sp³-hybridized carbons (Fsp3) is 1.00. The predicted molar refractivity (Wildman–Crippen MR) is 69.5 cm³/mol. The third-order valence-corrected chi connectivity index (χ3v) is 6.00. The first-order chi connectivity index (χ1) is 8.42. The van der Waals surface area contributed by atoms with E-state index in [2.05, 4.69) is 10.0 Å². The summed E-state index contributed by atoms with van der Waals surface area (Å²) in [6.45, 7) is 4.16. The van der Waals surface area contributed by atoms with E-state index in [0.717, 1.165) is 23.8 Å². The van der Waals surface area contributed by atoms with Gasteiger partial charge >= 0.3 is 0 Å². The molecule has 4 fully saturated rings.